The van der Waals surface area contributed by atoms with Crippen LogP contribution in [-0.4, -0.2) is 18.2 Å². The number of carbonyl (C=O) groups excluding carboxylic acids is 1. The fraction of sp³-hybridized carbons (Fsp3) is 0.316. The lowest BCUT2D eigenvalue weighted by atomic mass is 10.0. The molecule has 0 saturated heterocycles. The topological polar surface area (TPSA) is 71.2 Å². The van der Waals surface area contributed by atoms with Crippen molar-refractivity contribution >= 4 is 17.3 Å². The van der Waals surface area contributed by atoms with Gasteiger partial charge in [0.1, 0.15) is 11.3 Å². The van der Waals surface area contributed by atoms with Crippen molar-refractivity contribution in [1.82, 2.24) is 0 Å². The molecule has 126 valence electrons. The van der Waals surface area contributed by atoms with Crippen molar-refractivity contribution in [2.75, 3.05) is 7.11 Å². The highest BCUT2D eigenvalue weighted by Gasteiger charge is 2.19. The smallest absolute Gasteiger partial charge is 0.341 e. The average molecular weight is 326 g/mol. The molecule has 0 fully saturated rings. The van der Waals surface area contributed by atoms with Crippen molar-refractivity contribution in [3.05, 3.63) is 52.6 Å². The fourth-order valence-corrected chi connectivity index (χ4v) is 2.50. The molecule has 24 heavy (non-hydrogen) atoms. The number of hydrogen-bond acceptors (Lipinski definition) is 5. The number of phenolic OH excluding ortho intramolecular Hbond substituents is 1. The van der Waals surface area contributed by atoms with Gasteiger partial charge in [0.2, 0.25) is 0 Å². The molecule has 5 heteroatoms. The number of aromatic hydroxyl groups is 1. The summed E-state index contributed by atoms with van der Waals surface area (Å²) in [6.45, 7) is 7.79. The first-order valence-electron chi connectivity index (χ1n) is 7.78. The van der Waals surface area contributed by atoms with Gasteiger partial charge in [0.15, 0.2) is 0 Å². The van der Waals surface area contributed by atoms with Gasteiger partial charge < -0.3 is 9.84 Å². The number of rotatable bonds is 4. The molecule has 0 radical (unpaired) electrons. The quantitative estimate of drug-likeness (QED) is 0.609. The molecular weight excluding hydrogens is 304 g/mol. The molecule has 0 heterocycles. The van der Waals surface area contributed by atoms with Crippen LogP contribution in [0.4, 0.5) is 11.4 Å². The number of carbonyl (C=O) groups is 1. The summed E-state index contributed by atoms with van der Waals surface area (Å²) in [5, 5.41) is 18.5. The Labute approximate surface area is 142 Å². The molecule has 5 nitrogen and oxygen atoms in total. The van der Waals surface area contributed by atoms with Crippen molar-refractivity contribution in [2.24, 2.45) is 10.2 Å². The molecule has 0 atom stereocenters. The molecule has 2 aromatic carbocycles. The Kier molecular flexibility index (Phi) is 5.34. The molecule has 2 aromatic rings. The summed E-state index contributed by atoms with van der Waals surface area (Å²) >= 11 is 0. The molecule has 0 aliphatic rings. The van der Waals surface area contributed by atoms with Crippen LogP contribution in [0.2, 0.25) is 0 Å². The molecule has 0 bridgehead atoms. The maximum Gasteiger partial charge on any atom is 0.341 e. The van der Waals surface area contributed by atoms with Crippen LogP contribution in [0.25, 0.3) is 0 Å². The van der Waals surface area contributed by atoms with E-state index in [2.05, 4.69) is 24.1 Å². The van der Waals surface area contributed by atoms with Gasteiger partial charge in [-0.2, -0.15) is 5.11 Å². The van der Waals surface area contributed by atoms with E-state index in [-0.39, 0.29) is 11.3 Å². The van der Waals surface area contributed by atoms with Gasteiger partial charge in [0.25, 0.3) is 0 Å². The second-order valence-corrected chi connectivity index (χ2v) is 6.00. The van der Waals surface area contributed by atoms with Crippen LogP contribution in [0, 0.1) is 13.8 Å². The van der Waals surface area contributed by atoms with Crippen molar-refractivity contribution < 1.29 is 14.6 Å². The number of esters is 1. The van der Waals surface area contributed by atoms with Crippen molar-refractivity contribution in [3.8, 4) is 5.75 Å². The Balaban J connectivity index is 2.40. The van der Waals surface area contributed by atoms with Crippen LogP contribution in [-0.2, 0) is 4.74 Å². The molecule has 1 N–H and O–H groups in total. The first-order valence-corrected chi connectivity index (χ1v) is 7.78. The number of methoxy groups -OCH3 is 1. The monoisotopic (exact) mass is 326 g/mol. The zero-order valence-electron chi connectivity index (χ0n) is 14.6. The van der Waals surface area contributed by atoms with Gasteiger partial charge in [-0.25, -0.2) is 4.79 Å². The summed E-state index contributed by atoms with van der Waals surface area (Å²) in [5.41, 5.74) is 3.92. The van der Waals surface area contributed by atoms with E-state index in [1.54, 1.807) is 6.92 Å². The second kappa shape index (κ2) is 7.25. The highest BCUT2D eigenvalue weighted by Crippen LogP contribution is 2.34. The number of benzene rings is 2. The van der Waals surface area contributed by atoms with Gasteiger partial charge in [-0.3, -0.25) is 0 Å². The standard InChI is InChI=1S/C19H22N2O3/c1-11(2)14-6-8-15(9-7-14)20-21-18-12(3)10-16(22)17(13(18)4)19(23)24-5/h6-11,22H,1-5H3. The van der Waals surface area contributed by atoms with Crippen LogP contribution >= 0.6 is 0 Å². The van der Waals surface area contributed by atoms with Gasteiger partial charge in [0, 0.05) is 0 Å². The number of ether oxygens (including phenoxy) is 1. The van der Waals surface area contributed by atoms with Crippen LogP contribution in [0.1, 0.15) is 46.8 Å². The summed E-state index contributed by atoms with van der Waals surface area (Å²) in [6, 6.07) is 9.36. The Morgan fingerprint density at radius 1 is 1.12 bits per heavy atom. The normalized spacial score (nSPS) is 11.2. The first kappa shape index (κ1) is 17.7. The molecule has 0 aliphatic carbocycles. The Morgan fingerprint density at radius 3 is 2.29 bits per heavy atom. The molecule has 0 aromatic heterocycles. The molecule has 2 rings (SSSR count). The number of nitrogens with zero attached hydrogens (tertiary/aromatic N) is 2. The number of hydrogen-bond donors (Lipinski definition) is 1. The summed E-state index contributed by atoms with van der Waals surface area (Å²) < 4.78 is 4.72. The van der Waals surface area contributed by atoms with E-state index in [0.29, 0.717) is 17.2 Å². The molecule has 0 unspecified atom stereocenters. The van der Waals surface area contributed by atoms with Gasteiger partial charge in [0.05, 0.1) is 18.5 Å². The summed E-state index contributed by atoms with van der Waals surface area (Å²) in [5.74, 6) is -0.250. The van der Waals surface area contributed by atoms with Crippen LogP contribution in [0.15, 0.2) is 40.6 Å². The predicted octanol–water partition coefficient (Wildman–Crippen LogP) is 5.33. The highest BCUT2D eigenvalue weighted by atomic mass is 16.5. The molecule has 0 spiro atoms. The lowest BCUT2D eigenvalue weighted by molar-refractivity contribution is 0.0596. The van der Waals surface area contributed by atoms with E-state index in [9.17, 15) is 9.90 Å². The van der Waals surface area contributed by atoms with Crippen molar-refractivity contribution in [3.63, 3.8) is 0 Å². The van der Waals surface area contributed by atoms with Crippen LogP contribution in [0.3, 0.4) is 0 Å². The van der Waals surface area contributed by atoms with E-state index in [1.807, 2.05) is 31.2 Å². The predicted molar refractivity (Wildman–Crippen MR) is 93.6 cm³/mol. The average Bonchev–Trinajstić information content (AvgIpc) is 2.54. The number of azo groups is 1. The van der Waals surface area contributed by atoms with Gasteiger partial charge in [-0.15, -0.1) is 5.11 Å². The van der Waals surface area contributed by atoms with E-state index < -0.39 is 5.97 Å². The minimum atomic E-state index is -0.595. The Hall–Kier alpha value is -2.69. The fourth-order valence-electron chi connectivity index (χ4n) is 2.50. The third kappa shape index (κ3) is 3.62. The summed E-state index contributed by atoms with van der Waals surface area (Å²) in [6.07, 6.45) is 0. The van der Waals surface area contributed by atoms with E-state index in [0.717, 1.165) is 11.3 Å². The number of phenols is 1. The molecule has 0 saturated carbocycles. The van der Waals surface area contributed by atoms with Crippen molar-refractivity contribution in [2.45, 2.75) is 33.6 Å². The lowest BCUT2D eigenvalue weighted by Gasteiger charge is -2.11. The maximum atomic E-state index is 11.8. The third-order valence-electron chi connectivity index (χ3n) is 3.93. The Morgan fingerprint density at radius 2 is 1.75 bits per heavy atom. The minimum Gasteiger partial charge on any atom is -0.507 e. The van der Waals surface area contributed by atoms with Gasteiger partial charge in [-0.1, -0.05) is 26.0 Å². The summed E-state index contributed by atoms with van der Waals surface area (Å²) in [4.78, 5) is 11.8. The van der Waals surface area contributed by atoms with E-state index in [1.165, 1.54) is 18.7 Å². The first-order chi connectivity index (χ1) is 11.3. The van der Waals surface area contributed by atoms with Crippen LogP contribution < -0.4 is 0 Å². The highest BCUT2D eigenvalue weighted by molar-refractivity contribution is 5.95. The largest absolute Gasteiger partial charge is 0.507 e. The third-order valence-corrected chi connectivity index (χ3v) is 3.93. The molecule has 0 aliphatic heterocycles. The Bertz CT molecular complexity index is 778. The van der Waals surface area contributed by atoms with E-state index in [4.69, 9.17) is 4.74 Å². The SMILES string of the molecule is COC(=O)c1c(O)cc(C)c(N=Nc2ccc(C(C)C)cc2)c1C. The zero-order valence-corrected chi connectivity index (χ0v) is 14.6. The zero-order chi connectivity index (χ0) is 17.9. The maximum absolute atomic E-state index is 11.8. The van der Waals surface area contributed by atoms with E-state index >= 15 is 0 Å². The molecule has 0 amide bonds. The van der Waals surface area contributed by atoms with Gasteiger partial charge in [-0.05, 0) is 54.7 Å². The number of aryl methyl sites for hydroxylation is 1. The summed E-state index contributed by atoms with van der Waals surface area (Å²) in [7, 11) is 1.28. The lowest BCUT2D eigenvalue weighted by Crippen LogP contribution is -2.05. The second-order valence-electron chi connectivity index (χ2n) is 6.00. The van der Waals surface area contributed by atoms with Gasteiger partial charge >= 0.3 is 5.97 Å². The minimum absolute atomic E-state index is 0.114. The van der Waals surface area contributed by atoms with Crippen molar-refractivity contribution in [1.29, 1.82) is 0 Å². The molecular formula is C19H22N2O3. The van der Waals surface area contributed by atoms with Crippen LogP contribution in [0.5, 0.6) is 5.75 Å².